The van der Waals surface area contributed by atoms with Gasteiger partial charge in [-0.2, -0.15) is 0 Å². The first kappa shape index (κ1) is 23.4. The van der Waals surface area contributed by atoms with Crippen LogP contribution in [0.15, 0.2) is 42.5 Å². The lowest BCUT2D eigenvalue weighted by atomic mass is 9.95. The van der Waals surface area contributed by atoms with Gasteiger partial charge < -0.3 is 9.88 Å². The fraction of sp³-hybridized carbons (Fsp3) is 0.360. The van der Waals surface area contributed by atoms with Gasteiger partial charge in [0, 0.05) is 25.7 Å². The molecule has 0 saturated heterocycles. The molecular weight excluding hydrogens is 446 g/mol. The van der Waals surface area contributed by atoms with Crippen LogP contribution in [0.2, 0.25) is 5.15 Å². The molecule has 3 aromatic rings. The molecule has 0 saturated carbocycles. The van der Waals surface area contributed by atoms with Crippen LogP contribution in [0.3, 0.4) is 0 Å². The second kappa shape index (κ2) is 9.61. The SMILES string of the molecule is CNC(=O)[C@@H](c1ccccc1)N1CCn2c(C)nc(Cl)c2[C@@H]1CCc1cc(F)c(C)c(F)c1. The van der Waals surface area contributed by atoms with E-state index in [1.165, 1.54) is 19.1 Å². The zero-order chi connectivity index (χ0) is 23.7. The van der Waals surface area contributed by atoms with Gasteiger partial charge in [0.05, 0.1) is 11.7 Å². The molecule has 0 fully saturated rings. The Balaban J connectivity index is 1.74. The maximum Gasteiger partial charge on any atom is 0.241 e. The quantitative estimate of drug-likeness (QED) is 0.554. The van der Waals surface area contributed by atoms with Crippen LogP contribution in [-0.2, 0) is 17.8 Å². The van der Waals surface area contributed by atoms with E-state index >= 15 is 0 Å². The van der Waals surface area contributed by atoms with E-state index in [0.29, 0.717) is 36.6 Å². The molecule has 1 N–H and O–H groups in total. The van der Waals surface area contributed by atoms with Crippen molar-refractivity contribution in [2.45, 2.75) is 45.3 Å². The average Bonchev–Trinajstić information content (AvgIpc) is 3.10. The first-order valence-electron chi connectivity index (χ1n) is 11.0. The van der Waals surface area contributed by atoms with Gasteiger partial charge in [0.15, 0.2) is 5.15 Å². The van der Waals surface area contributed by atoms with E-state index in [0.717, 1.165) is 17.1 Å². The predicted molar refractivity (Wildman–Crippen MR) is 124 cm³/mol. The molecule has 0 unspecified atom stereocenters. The molecule has 33 heavy (non-hydrogen) atoms. The number of aromatic nitrogens is 2. The summed E-state index contributed by atoms with van der Waals surface area (Å²) in [4.78, 5) is 19.6. The first-order chi connectivity index (χ1) is 15.8. The predicted octanol–water partition coefficient (Wildman–Crippen LogP) is 4.91. The van der Waals surface area contributed by atoms with Crippen molar-refractivity contribution < 1.29 is 13.6 Å². The molecule has 4 rings (SSSR count). The molecule has 2 atom stereocenters. The number of nitrogens with one attached hydrogen (secondary N) is 1. The molecule has 0 radical (unpaired) electrons. The smallest absolute Gasteiger partial charge is 0.241 e. The van der Waals surface area contributed by atoms with E-state index in [9.17, 15) is 13.6 Å². The number of amides is 1. The Morgan fingerprint density at radius 1 is 1.18 bits per heavy atom. The summed E-state index contributed by atoms with van der Waals surface area (Å²) in [7, 11) is 1.62. The third-order valence-corrected chi connectivity index (χ3v) is 6.72. The summed E-state index contributed by atoms with van der Waals surface area (Å²) in [5, 5.41) is 3.18. The van der Waals surface area contributed by atoms with E-state index < -0.39 is 17.7 Å². The van der Waals surface area contributed by atoms with Gasteiger partial charge >= 0.3 is 0 Å². The molecule has 8 heteroatoms. The van der Waals surface area contributed by atoms with Crippen LogP contribution in [-0.4, -0.2) is 34.0 Å². The zero-order valence-electron chi connectivity index (χ0n) is 18.9. The van der Waals surface area contributed by atoms with Gasteiger partial charge in [0.25, 0.3) is 0 Å². The van der Waals surface area contributed by atoms with Crippen LogP contribution in [0.25, 0.3) is 0 Å². The van der Waals surface area contributed by atoms with E-state index in [4.69, 9.17) is 11.6 Å². The van der Waals surface area contributed by atoms with Gasteiger partial charge in [-0.1, -0.05) is 41.9 Å². The van der Waals surface area contributed by atoms with Crippen molar-refractivity contribution in [2.75, 3.05) is 13.6 Å². The third-order valence-electron chi connectivity index (χ3n) is 6.44. The van der Waals surface area contributed by atoms with Gasteiger partial charge in [0.1, 0.15) is 23.5 Å². The highest BCUT2D eigenvalue weighted by atomic mass is 35.5. The van der Waals surface area contributed by atoms with Gasteiger partial charge in [-0.15, -0.1) is 0 Å². The van der Waals surface area contributed by atoms with Crippen LogP contribution in [0, 0.1) is 25.5 Å². The maximum absolute atomic E-state index is 14.2. The summed E-state index contributed by atoms with van der Waals surface area (Å²) in [6.07, 6.45) is 0.943. The lowest BCUT2D eigenvalue weighted by Gasteiger charge is -2.41. The van der Waals surface area contributed by atoms with Crippen molar-refractivity contribution in [3.8, 4) is 0 Å². The standard InChI is InChI=1S/C25H27ClF2N4O/c1-15-19(27)13-17(14-20(15)28)9-10-21-23-24(26)30-16(2)31(23)11-12-32(21)22(25(33)29-3)18-7-5-4-6-8-18/h4-8,13-14,21-22H,9-12H2,1-3H3,(H,29,33)/t21-,22+/m0/s1. The number of carbonyl (C=O) groups is 1. The summed E-state index contributed by atoms with van der Waals surface area (Å²) in [5.41, 5.74) is 2.28. The lowest BCUT2D eigenvalue weighted by Crippen LogP contribution is -2.46. The van der Waals surface area contributed by atoms with Crippen LogP contribution in [0.4, 0.5) is 8.78 Å². The number of benzene rings is 2. The number of hydrogen-bond acceptors (Lipinski definition) is 3. The zero-order valence-corrected chi connectivity index (χ0v) is 19.7. The van der Waals surface area contributed by atoms with E-state index in [2.05, 4.69) is 19.8 Å². The molecule has 174 valence electrons. The Morgan fingerprint density at radius 3 is 2.48 bits per heavy atom. The second-order valence-corrected chi connectivity index (χ2v) is 8.75. The number of likely N-dealkylation sites (N-methyl/N-ethyl adjacent to an activating group) is 1. The Bertz CT molecular complexity index is 1140. The normalized spacial score (nSPS) is 17.0. The Hall–Kier alpha value is -2.77. The largest absolute Gasteiger partial charge is 0.358 e. The van der Waals surface area contributed by atoms with E-state index in [1.54, 1.807) is 7.05 Å². The highest BCUT2D eigenvalue weighted by Crippen LogP contribution is 2.40. The summed E-state index contributed by atoms with van der Waals surface area (Å²) in [6, 6.07) is 11.5. The van der Waals surface area contributed by atoms with Crippen LogP contribution in [0.5, 0.6) is 0 Å². The molecule has 0 bridgehead atoms. The minimum Gasteiger partial charge on any atom is -0.358 e. The van der Waals surface area contributed by atoms with Crippen LogP contribution >= 0.6 is 11.6 Å². The number of imidazole rings is 1. The van der Waals surface area contributed by atoms with Crippen molar-refractivity contribution in [2.24, 2.45) is 0 Å². The molecule has 1 amide bonds. The highest BCUT2D eigenvalue weighted by molar-refractivity contribution is 6.30. The molecule has 2 heterocycles. The maximum atomic E-state index is 14.2. The summed E-state index contributed by atoms with van der Waals surface area (Å²) >= 11 is 6.56. The molecule has 1 aromatic heterocycles. The van der Waals surface area contributed by atoms with Crippen molar-refractivity contribution in [3.63, 3.8) is 0 Å². The summed E-state index contributed by atoms with van der Waals surface area (Å²) in [6.45, 7) is 4.58. The molecule has 0 aliphatic carbocycles. The van der Waals surface area contributed by atoms with Crippen LogP contribution in [0.1, 0.15) is 46.7 Å². The Morgan fingerprint density at radius 2 is 1.85 bits per heavy atom. The molecule has 0 spiro atoms. The van der Waals surface area contributed by atoms with Gasteiger partial charge in [-0.25, -0.2) is 13.8 Å². The number of fused-ring (bicyclic) bond motifs is 1. The fourth-order valence-electron chi connectivity index (χ4n) is 4.70. The highest BCUT2D eigenvalue weighted by Gasteiger charge is 2.38. The minimum absolute atomic E-state index is 0.0125. The Kier molecular flexibility index (Phi) is 6.81. The van der Waals surface area contributed by atoms with Gasteiger partial charge in [0.2, 0.25) is 5.91 Å². The minimum atomic E-state index is -0.558. The topological polar surface area (TPSA) is 50.2 Å². The average molecular weight is 473 g/mol. The number of halogens is 3. The number of rotatable bonds is 6. The molecule has 5 nitrogen and oxygen atoms in total. The number of carbonyl (C=O) groups excluding carboxylic acids is 1. The van der Waals surface area contributed by atoms with Crippen molar-refractivity contribution in [1.82, 2.24) is 19.8 Å². The van der Waals surface area contributed by atoms with Crippen molar-refractivity contribution in [3.05, 3.63) is 87.5 Å². The van der Waals surface area contributed by atoms with Crippen molar-refractivity contribution in [1.29, 1.82) is 0 Å². The molecule has 1 aliphatic rings. The first-order valence-corrected chi connectivity index (χ1v) is 11.4. The fourth-order valence-corrected chi connectivity index (χ4v) is 5.05. The van der Waals surface area contributed by atoms with E-state index in [1.807, 2.05) is 37.3 Å². The molecular formula is C25H27ClF2N4O. The van der Waals surface area contributed by atoms with Crippen molar-refractivity contribution >= 4 is 17.5 Å². The summed E-state index contributed by atoms with van der Waals surface area (Å²) in [5.74, 6) is -0.434. The second-order valence-electron chi connectivity index (χ2n) is 8.39. The monoisotopic (exact) mass is 472 g/mol. The van der Waals surface area contributed by atoms with Gasteiger partial charge in [-0.3, -0.25) is 9.69 Å². The van der Waals surface area contributed by atoms with Gasteiger partial charge in [-0.05, 0) is 49.9 Å². The third kappa shape index (κ3) is 4.52. The van der Waals surface area contributed by atoms with Crippen LogP contribution < -0.4 is 5.32 Å². The Labute approximate surface area is 197 Å². The number of aryl methyl sites for hydroxylation is 2. The number of nitrogens with zero attached hydrogens (tertiary/aromatic N) is 3. The molecule has 1 aliphatic heterocycles. The lowest BCUT2D eigenvalue weighted by molar-refractivity contribution is -0.128. The number of hydrogen-bond donors (Lipinski definition) is 1. The van der Waals surface area contributed by atoms with E-state index in [-0.39, 0.29) is 17.5 Å². The molecule has 2 aromatic carbocycles. The summed E-state index contributed by atoms with van der Waals surface area (Å²) < 4.78 is 30.4.